The van der Waals surface area contributed by atoms with Gasteiger partial charge in [-0.1, -0.05) is 41.7 Å². The van der Waals surface area contributed by atoms with E-state index in [1.807, 2.05) is 30.3 Å². The van der Waals surface area contributed by atoms with Gasteiger partial charge in [-0.3, -0.25) is 0 Å². The number of aliphatic hydroxyl groups excluding tert-OH is 1. The third-order valence-corrected chi connectivity index (χ3v) is 6.42. The second-order valence-electron chi connectivity index (χ2n) is 4.62. The van der Waals surface area contributed by atoms with E-state index in [4.69, 9.17) is 0 Å². The van der Waals surface area contributed by atoms with Gasteiger partial charge in [-0.05, 0) is 13.8 Å². The molecule has 2 unspecified atom stereocenters. The smallest absolute Gasteiger partial charge is 0.162 e. The Balaban J connectivity index is 2.19. The predicted octanol–water partition coefficient (Wildman–Crippen LogP) is 1.89. The van der Waals surface area contributed by atoms with Crippen LogP contribution in [0.5, 0.6) is 0 Å². The molecule has 0 amide bonds. The standard InChI is InChI=1S/C13H16N2O3S2/c1-9(16)10(2)20(17,18)8-12-14-15-13(19-12)11-6-4-3-5-7-11/h3-7,9-10,16H,8H2,1-2H3. The summed E-state index contributed by atoms with van der Waals surface area (Å²) >= 11 is 1.26. The van der Waals surface area contributed by atoms with E-state index in [1.165, 1.54) is 25.2 Å². The topological polar surface area (TPSA) is 80.1 Å². The summed E-state index contributed by atoms with van der Waals surface area (Å²) in [5.74, 6) is -0.191. The third-order valence-electron chi connectivity index (χ3n) is 3.06. The van der Waals surface area contributed by atoms with Gasteiger partial charge in [0.1, 0.15) is 15.8 Å². The highest BCUT2D eigenvalue weighted by molar-refractivity contribution is 7.91. The van der Waals surface area contributed by atoms with Crippen molar-refractivity contribution in [3.63, 3.8) is 0 Å². The van der Waals surface area contributed by atoms with Crippen LogP contribution in [-0.2, 0) is 15.6 Å². The van der Waals surface area contributed by atoms with E-state index < -0.39 is 21.2 Å². The van der Waals surface area contributed by atoms with E-state index in [0.29, 0.717) is 10.0 Å². The first-order valence-corrected chi connectivity index (χ1v) is 8.71. The van der Waals surface area contributed by atoms with Crippen molar-refractivity contribution in [2.75, 3.05) is 0 Å². The minimum absolute atomic E-state index is 0.191. The largest absolute Gasteiger partial charge is 0.392 e. The van der Waals surface area contributed by atoms with Crippen molar-refractivity contribution in [1.82, 2.24) is 10.2 Å². The van der Waals surface area contributed by atoms with Gasteiger partial charge in [0.15, 0.2) is 9.84 Å². The van der Waals surface area contributed by atoms with Gasteiger partial charge >= 0.3 is 0 Å². The normalized spacial score (nSPS) is 14.9. The number of aromatic nitrogens is 2. The molecule has 7 heteroatoms. The molecule has 5 nitrogen and oxygen atoms in total. The summed E-state index contributed by atoms with van der Waals surface area (Å²) in [7, 11) is -3.42. The average molecular weight is 312 g/mol. The van der Waals surface area contributed by atoms with Crippen LogP contribution < -0.4 is 0 Å². The average Bonchev–Trinajstić information content (AvgIpc) is 2.86. The summed E-state index contributed by atoms with van der Waals surface area (Å²) in [6, 6.07) is 9.49. The van der Waals surface area contributed by atoms with E-state index in [1.54, 1.807) is 0 Å². The summed E-state index contributed by atoms with van der Waals surface area (Å²) in [6.45, 7) is 2.97. The van der Waals surface area contributed by atoms with Crippen LogP contribution in [0.3, 0.4) is 0 Å². The summed E-state index contributed by atoms with van der Waals surface area (Å²) < 4.78 is 24.1. The van der Waals surface area contributed by atoms with Gasteiger partial charge in [0.2, 0.25) is 0 Å². The molecule has 0 aliphatic heterocycles. The van der Waals surface area contributed by atoms with Crippen LogP contribution >= 0.6 is 11.3 Å². The van der Waals surface area contributed by atoms with Crippen molar-refractivity contribution < 1.29 is 13.5 Å². The Morgan fingerprint density at radius 1 is 1.20 bits per heavy atom. The molecule has 0 fully saturated rings. The van der Waals surface area contributed by atoms with Crippen LogP contribution in [0.25, 0.3) is 10.6 Å². The van der Waals surface area contributed by atoms with Crippen molar-refractivity contribution in [2.24, 2.45) is 0 Å². The molecular formula is C13H16N2O3S2. The Labute approximate surface area is 122 Å². The van der Waals surface area contributed by atoms with Crippen molar-refractivity contribution in [3.05, 3.63) is 35.3 Å². The summed E-state index contributed by atoms with van der Waals surface area (Å²) in [6.07, 6.45) is -0.901. The lowest BCUT2D eigenvalue weighted by atomic mass is 10.2. The SMILES string of the molecule is CC(O)C(C)S(=O)(=O)Cc1nnc(-c2ccccc2)s1. The van der Waals surface area contributed by atoms with E-state index in [-0.39, 0.29) is 5.75 Å². The van der Waals surface area contributed by atoms with E-state index in [0.717, 1.165) is 5.56 Å². The number of hydrogen-bond acceptors (Lipinski definition) is 6. The van der Waals surface area contributed by atoms with Gasteiger partial charge in [0, 0.05) is 5.56 Å². The molecule has 0 radical (unpaired) electrons. The van der Waals surface area contributed by atoms with Crippen molar-refractivity contribution in [3.8, 4) is 10.6 Å². The third kappa shape index (κ3) is 3.41. The van der Waals surface area contributed by atoms with E-state index in [9.17, 15) is 13.5 Å². The second kappa shape index (κ2) is 5.99. The van der Waals surface area contributed by atoms with Crippen molar-refractivity contribution in [2.45, 2.75) is 31.0 Å². The molecule has 20 heavy (non-hydrogen) atoms. The lowest BCUT2D eigenvalue weighted by molar-refractivity contribution is 0.193. The fourth-order valence-corrected chi connectivity index (χ4v) is 4.25. The highest BCUT2D eigenvalue weighted by Gasteiger charge is 2.27. The van der Waals surface area contributed by atoms with Crippen molar-refractivity contribution in [1.29, 1.82) is 0 Å². The Kier molecular flexibility index (Phi) is 4.52. The second-order valence-corrected chi connectivity index (χ2v) is 8.04. The molecule has 1 heterocycles. The van der Waals surface area contributed by atoms with E-state index in [2.05, 4.69) is 10.2 Å². The number of aliphatic hydroxyl groups is 1. The van der Waals surface area contributed by atoms with Gasteiger partial charge in [-0.25, -0.2) is 8.42 Å². The molecule has 2 rings (SSSR count). The molecule has 108 valence electrons. The molecule has 0 aliphatic carbocycles. The lowest BCUT2D eigenvalue weighted by Crippen LogP contribution is -2.30. The zero-order valence-corrected chi connectivity index (χ0v) is 12.9. The molecule has 1 aromatic carbocycles. The zero-order valence-electron chi connectivity index (χ0n) is 11.2. The molecule has 1 N–H and O–H groups in total. The van der Waals surface area contributed by atoms with Gasteiger partial charge in [0.05, 0.1) is 11.4 Å². The highest BCUT2D eigenvalue weighted by atomic mass is 32.2. The molecule has 0 spiro atoms. The zero-order chi connectivity index (χ0) is 14.8. The fraction of sp³-hybridized carbons (Fsp3) is 0.385. The summed E-state index contributed by atoms with van der Waals surface area (Å²) in [5.41, 5.74) is 0.914. The summed E-state index contributed by atoms with van der Waals surface area (Å²) in [4.78, 5) is 0. The van der Waals surface area contributed by atoms with E-state index >= 15 is 0 Å². The number of rotatable bonds is 5. The maximum Gasteiger partial charge on any atom is 0.162 e. The molecular weight excluding hydrogens is 296 g/mol. The molecule has 0 saturated heterocycles. The lowest BCUT2D eigenvalue weighted by Gasteiger charge is -2.14. The number of hydrogen-bond donors (Lipinski definition) is 1. The Bertz CT molecular complexity index is 666. The van der Waals surface area contributed by atoms with Crippen LogP contribution in [0.4, 0.5) is 0 Å². The molecule has 2 aromatic rings. The van der Waals surface area contributed by atoms with Gasteiger partial charge in [-0.2, -0.15) is 0 Å². The quantitative estimate of drug-likeness (QED) is 0.912. The molecule has 0 saturated carbocycles. The first-order chi connectivity index (χ1) is 9.40. The maximum atomic E-state index is 12.1. The van der Waals surface area contributed by atoms with Crippen LogP contribution in [-0.4, -0.2) is 35.1 Å². The van der Waals surface area contributed by atoms with Gasteiger partial charge in [0.25, 0.3) is 0 Å². The number of nitrogens with zero attached hydrogens (tertiary/aromatic N) is 2. The number of benzene rings is 1. The first-order valence-electron chi connectivity index (χ1n) is 6.17. The monoisotopic (exact) mass is 312 g/mol. The molecule has 0 bridgehead atoms. The maximum absolute atomic E-state index is 12.1. The fourth-order valence-electron chi connectivity index (χ4n) is 1.61. The molecule has 0 aliphatic rings. The first kappa shape index (κ1) is 15.1. The molecule has 2 atom stereocenters. The Morgan fingerprint density at radius 2 is 1.85 bits per heavy atom. The van der Waals surface area contributed by atoms with Crippen LogP contribution in [0.15, 0.2) is 30.3 Å². The Hall–Kier alpha value is -1.31. The van der Waals surface area contributed by atoms with Crippen LogP contribution in [0, 0.1) is 0 Å². The minimum atomic E-state index is -3.42. The Morgan fingerprint density at radius 3 is 2.45 bits per heavy atom. The predicted molar refractivity (Wildman–Crippen MR) is 79.1 cm³/mol. The van der Waals surface area contributed by atoms with Crippen LogP contribution in [0.1, 0.15) is 18.9 Å². The number of sulfone groups is 1. The van der Waals surface area contributed by atoms with Gasteiger partial charge < -0.3 is 5.11 Å². The highest BCUT2D eigenvalue weighted by Crippen LogP contribution is 2.25. The van der Waals surface area contributed by atoms with Gasteiger partial charge in [-0.15, -0.1) is 10.2 Å². The summed E-state index contributed by atoms with van der Waals surface area (Å²) in [5, 5.41) is 17.7. The van der Waals surface area contributed by atoms with Crippen molar-refractivity contribution >= 4 is 21.2 Å². The molecule has 1 aromatic heterocycles. The van der Waals surface area contributed by atoms with Crippen LogP contribution in [0.2, 0.25) is 0 Å². The minimum Gasteiger partial charge on any atom is -0.392 e.